The van der Waals surface area contributed by atoms with Crippen LogP contribution in [0.5, 0.6) is 0 Å². The van der Waals surface area contributed by atoms with Crippen LogP contribution in [0.2, 0.25) is 0 Å². The molecule has 1 fully saturated rings. The first-order valence-corrected chi connectivity index (χ1v) is 14.4. The maximum atomic E-state index is 12.5. The van der Waals surface area contributed by atoms with Crippen molar-refractivity contribution in [2.45, 2.75) is 56.8 Å². The normalized spacial score (nSPS) is 15.9. The second-order valence-corrected chi connectivity index (χ2v) is 12.1. The minimum Gasteiger partial charge on any atom is -0.211 e. The van der Waals surface area contributed by atoms with E-state index in [1.54, 1.807) is 12.1 Å². The van der Waals surface area contributed by atoms with Gasteiger partial charge in [-0.05, 0) is 68.7 Å². The van der Waals surface area contributed by atoms with Gasteiger partial charge in [-0.1, -0.05) is 55.2 Å². The lowest BCUT2D eigenvalue weighted by atomic mass is 9.78. The Labute approximate surface area is 192 Å². The van der Waals surface area contributed by atoms with Crippen molar-refractivity contribution in [3.05, 3.63) is 63.7 Å². The van der Waals surface area contributed by atoms with Crippen molar-refractivity contribution >= 4 is 10.0 Å². The van der Waals surface area contributed by atoms with Crippen LogP contribution in [0.1, 0.15) is 50.5 Å². The van der Waals surface area contributed by atoms with Gasteiger partial charge in [0.2, 0.25) is 13.6 Å². The third-order valence-corrected chi connectivity index (χ3v) is 9.06. The lowest BCUT2D eigenvalue weighted by Gasteiger charge is -2.26. The number of halogens is 1. The molecule has 0 spiro atoms. The minimum absolute atomic E-state index is 0.274. The van der Waals surface area contributed by atoms with E-state index in [0.29, 0.717) is 23.3 Å². The van der Waals surface area contributed by atoms with Gasteiger partial charge in [-0.2, -0.15) is 0 Å². The average molecular weight is 536 g/mol. The molecule has 1 aliphatic rings. The molecule has 2 aromatic carbocycles. The average Bonchev–Trinajstić information content (AvgIpc) is 2.77. The standard InChI is InChI=1S/C25H31INO2S/c1-21-14-16-25(17-15-21)30(28,29)27-20-8-11-23(22-9-4-2-5-10-22)18-19-26-24-12-6-3-7-13-24/h3,6-7,12-17,22-23,27H,2,4-5,8-11,20H2,1H3/q+1. The number of rotatable bonds is 8. The van der Waals surface area contributed by atoms with Crippen LogP contribution in [-0.2, 0) is 10.0 Å². The van der Waals surface area contributed by atoms with E-state index in [4.69, 9.17) is 0 Å². The van der Waals surface area contributed by atoms with E-state index < -0.39 is 10.0 Å². The first kappa shape index (κ1) is 23.3. The molecule has 1 unspecified atom stereocenters. The Hall–Kier alpha value is -1.36. The van der Waals surface area contributed by atoms with Gasteiger partial charge in [0.15, 0.2) is 3.93 Å². The fraction of sp³-hybridized carbons (Fsp3) is 0.440. The third kappa shape index (κ3) is 7.40. The zero-order chi connectivity index (χ0) is 21.2. The van der Waals surface area contributed by atoms with E-state index >= 15 is 0 Å². The second kappa shape index (κ2) is 11.9. The molecule has 0 aromatic heterocycles. The Balaban J connectivity index is 1.54. The molecule has 0 aliphatic heterocycles. The highest BCUT2D eigenvalue weighted by atomic mass is 127. The van der Waals surface area contributed by atoms with Crippen molar-refractivity contribution in [3.8, 4) is 9.85 Å². The first-order chi connectivity index (χ1) is 14.5. The molecule has 1 N–H and O–H groups in total. The summed E-state index contributed by atoms with van der Waals surface area (Å²) in [6, 6.07) is 17.5. The van der Waals surface area contributed by atoms with E-state index in [1.165, 1.54) is 35.7 Å². The monoisotopic (exact) mass is 536 g/mol. The maximum Gasteiger partial charge on any atom is 0.419 e. The molecule has 1 aliphatic carbocycles. The van der Waals surface area contributed by atoms with Gasteiger partial charge < -0.3 is 0 Å². The Bertz CT molecular complexity index is 940. The van der Waals surface area contributed by atoms with Crippen molar-refractivity contribution in [1.29, 1.82) is 0 Å². The van der Waals surface area contributed by atoms with Crippen LogP contribution in [-0.4, -0.2) is 15.0 Å². The zero-order valence-corrected chi connectivity index (χ0v) is 20.6. The van der Waals surface area contributed by atoms with E-state index in [2.05, 4.69) is 38.8 Å². The predicted molar refractivity (Wildman–Crippen MR) is 119 cm³/mol. The van der Waals surface area contributed by atoms with Crippen LogP contribution >= 0.6 is 0 Å². The molecule has 1 atom stereocenters. The van der Waals surface area contributed by atoms with E-state index in [1.807, 2.05) is 25.1 Å². The second-order valence-electron chi connectivity index (χ2n) is 7.99. The Morgan fingerprint density at radius 3 is 2.43 bits per heavy atom. The first-order valence-electron chi connectivity index (χ1n) is 10.8. The molecule has 3 nitrogen and oxygen atoms in total. The highest BCUT2D eigenvalue weighted by Crippen LogP contribution is 2.32. The summed E-state index contributed by atoms with van der Waals surface area (Å²) in [4.78, 5) is 0.337. The van der Waals surface area contributed by atoms with Gasteiger partial charge in [0, 0.05) is 12.5 Å². The Morgan fingerprint density at radius 1 is 1.03 bits per heavy atom. The third-order valence-electron chi connectivity index (χ3n) is 5.66. The summed E-state index contributed by atoms with van der Waals surface area (Å²) in [7, 11) is -3.43. The smallest absolute Gasteiger partial charge is 0.211 e. The molecule has 0 bridgehead atoms. The summed E-state index contributed by atoms with van der Waals surface area (Å²) in [6.45, 7) is 2.42. The number of aryl methyl sites for hydroxylation is 1. The molecule has 0 radical (unpaired) electrons. The summed E-state index contributed by atoms with van der Waals surface area (Å²) in [5.74, 6) is 4.65. The van der Waals surface area contributed by atoms with Crippen molar-refractivity contribution in [2.24, 2.45) is 11.8 Å². The lowest BCUT2D eigenvalue weighted by Crippen LogP contribution is -3.59. The van der Waals surface area contributed by atoms with Crippen LogP contribution in [0.3, 0.4) is 0 Å². The fourth-order valence-corrected chi connectivity index (χ4v) is 6.64. The van der Waals surface area contributed by atoms with E-state index in [-0.39, 0.29) is 21.2 Å². The van der Waals surface area contributed by atoms with Crippen LogP contribution < -0.4 is 25.9 Å². The molecule has 0 saturated heterocycles. The van der Waals surface area contributed by atoms with Gasteiger partial charge in [0.05, 0.1) is 4.90 Å². The SMILES string of the molecule is Cc1ccc(S(=O)(=O)NCCCC(C#C[I+]c2ccccc2)C2CCCCC2)cc1. The van der Waals surface area contributed by atoms with Crippen LogP contribution in [0.4, 0.5) is 0 Å². The van der Waals surface area contributed by atoms with Gasteiger partial charge in [-0.3, -0.25) is 0 Å². The van der Waals surface area contributed by atoms with Crippen LogP contribution in [0.25, 0.3) is 0 Å². The number of hydrogen-bond acceptors (Lipinski definition) is 2. The van der Waals surface area contributed by atoms with E-state index in [0.717, 1.165) is 18.4 Å². The predicted octanol–water partition coefficient (Wildman–Crippen LogP) is 2.17. The molecule has 160 valence electrons. The van der Waals surface area contributed by atoms with Gasteiger partial charge in [-0.25, -0.2) is 13.1 Å². The molecular formula is C25H31INO2S+. The summed E-state index contributed by atoms with van der Waals surface area (Å²) >= 11 is -0.274. The summed E-state index contributed by atoms with van der Waals surface area (Å²) in [5.41, 5.74) is 1.06. The highest BCUT2D eigenvalue weighted by Gasteiger charge is 2.23. The van der Waals surface area contributed by atoms with Crippen LogP contribution in [0.15, 0.2) is 59.5 Å². The summed E-state index contributed by atoms with van der Waals surface area (Å²) in [5, 5.41) is 0. The topological polar surface area (TPSA) is 46.2 Å². The molecule has 5 heteroatoms. The van der Waals surface area contributed by atoms with Crippen molar-refractivity contribution in [3.63, 3.8) is 0 Å². The van der Waals surface area contributed by atoms with E-state index in [9.17, 15) is 8.42 Å². The summed E-state index contributed by atoms with van der Waals surface area (Å²) < 4.78 is 32.6. The molecule has 30 heavy (non-hydrogen) atoms. The zero-order valence-electron chi connectivity index (χ0n) is 17.6. The van der Waals surface area contributed by atoms with Crippen molar-refractivity contribution in [2.75, 3.05) is 6.54 Å². The van der Waals surface area contributed by atoms with Crippen molar-refractivity contribution in [1.82, 2.24) is 4.72 Å². The largest absolute Gasteiger partial charge is 0.419 e. The lowest BCUT2D eigenvalue weighted by molar-refractivity contribution is -0.535. The summed E-state index contributed by atoms with van der Waals surface area (Å²) in [6.07, 6.45) is 8.25. The minimum atomic E-state index is -3.43. The Kier molecular flexibility index (Phi) is 9.23. The molecular weight excluding hydrogens is 505 g/mol. The van der Waals surface area contributed by atoms with Crippen molar-refractivity contribution < 1.29 is 29.6 Å². The maximum absolute atomic E-state index is 12.5. The molecule has 0 heterocycles. The Morgan fingerprint density at radius 2 is 1.73 bits per heavy atom. The number of benzene rings is 2. The van der Waals surface area contributed by atoms with Gasteiger partial charge in [0.1, 0.15) is 0 Å². The highest BCUT2D eigenvalue weighted by molar-refractivity contribution is 7.89. The number of hydrogen-bond donors (Lipinski definition) is 1. The molecule has 1 saturated carbocycles. The molecule has 2 aromatic rings. The number of nitrogens with one attached hydrogen (secondary N) is 1. The molecule has 3 rings (SSSR count). The van der Waals surface area contributed by atoms with Gasteiger partial charge >= 0.3 is 21.2 Å². The number of sulfonamides is 1. The van der Waals surface area contributed by atoms with Gasteiger partial charge in [-0.15, -0.1) is 0 Å². The fourth-order valence-electron chi connectivity index (χ4n) is 3.92. The molecule has 0 amide bonds. The van der Waals surface area contributed by atoms with Crippen LogP contribution in [0, 0.1) is 32.2 Å². The quantitative estimate of drug-likeness (QED) is 0.320. The van der Waals surface area contributed by atoms with Gasteiger partial charge in [0.25, 0.3) is 0 Å².